The molecule has 0 spiro atoms. The summed E-state index contributed by atoms with van der Waals surface area (Å²) in [6.45, 7) is 2.82. The second-order valence-corrected chi connectivity index (χ2v) is 5.06. The number of hydrogen-bond acceptors (Lipinski definition) is 4. The molecule has 0 bridgehead atoms. The van der Waals surface area contributed by atoms with Gasteiger partial charge in [0, 0.05) is 6.54 Å². The lowest BCUT2D eigenvalue weighted by Gasteiger charge is -2.37. The number of methoxy groups -OCH3 is 1. The molecule has 1 N–H and O–H groups in total. The van der Waals surface area contributed by atoms with Crippen LogP contribution in [0.1, 0.15) is 12.5 Å². The summed E-state index contributed by atoms with van der Waals surface area (Å²) in [5, 5.41) is 9.15. The van der Waals surface area contributed by atoms with E-state index >= 15 is 0 Å². The molecule has 2 atom stereocenters. The molecule has 20 heavy (non-hydrogen) atoms. The van der Waals surface area contributed by atoms with E-state index in [0.29, 0.717) is 19.6 Å². The molecule has 1 aromatic rings. The van der Waals surface area contributed by atoms with Gasteiger partial charge in [0.15, 0.2) is 0 Å². The van der Waals surface area contributed by atoms with Gasteiger partial charge in [-0.25, -0.2) is 0 Å². The molecule has 1 aliphatic rings. The van der Waals surface area contributed by atoms with Crippen molar-refractivity contribution < 1.29 is 19.4 Å². The number of morpholine rings is 1. The smallest absolute Gasteiger partial charge is 0.227 e. The van der Waals surface area contributed by atoms with E-state index in [1.54, 1.807) is 12.0 Å². The Balaban J connectivity index is 1.98. The third kappa shape index (κ3) is 3.49. The van der Waals surface area contributed by atoms with Gasteiger partial charge in [-0.2, -0.15) is 0 Å². The maximum atomic E-state index is 12.4. The largest absolute Gasteiger partial charge is 0.497 e. The van der Waals surface area contributed by atoms with Crippen molar-refractivity contribution in [1.29, 1.82) is 0 Å². The van der Waals surface area contributed by atoms with Gasteiger partial charge in [-0.1, -0.05) is 12.1 Å². The van der Waals surface area contributed by atoms with Crippen LogP contribution in [0.3, 0.4) is 0 Å². The van der Waals surface area contributed by atoms with E-state index in [9.17, 15) is 4.79 Å². The van der Waals surface area contributed by atoms with Crippen molar-refractivity contribution in [1.82, 2.24) is 4.90 Å². The van der Waals surface area contributed by atoms with Gasteiger partial charge >= 0.3 is 0 Å². The van der Waals surface area contributed by atoms with Gasteiger partial charge in [-0.3, -0.25) is 4.79 Å². The fourth-order valence-corrected chi connectivity index (χ4v) is 2.29. The average Bonchev–Trinajstić information content (AvgIpc) is 2.48. The van der Waals surface area contributed by atoms with Gasteiger partial charge in [0.05, 0.1) is 38.9 Å². The van der Waals surface area contributed by atoms with Crippen LogP contribution in [0.25, 0.3) is 0 Å². The molecule has 1 amide bonds. The number of rotatable bonds is 4. The van der Waals surface area contributed by atoms with Crippen molar-refractivity contribution in [3.05, 3.63) is 29.8 Å². The predicted octanol–water partition coefficient (Wildman–Crippen LogP) is 0.846. The summed E-state index contributed by atoms with van der Waals surface area (Å²) >= 11 is 0. The van der Waals surface area contributed by atoms with E-state index in [1.165, 1.54) is 0 Å². The zero-order valence-corrected chi connectivity index (χ0v) is 11.9. The van der Waals surface area contributed by atoms with Gasteiger partial charge in [0.1, 0.15) is 5.75 Å². The van der Waals surface area contributed by atoms with Crippen molar-refractivity contribution in [3.63, 3.8) is 0 Å². The Morgan fingerprint density at radius 2 is 2.15 bits per heavy atom. The highest BCUT2D eigenvalue weighted by Gasteiger charge is 2.29. The second-order valence-electron chi connectivity index (χ2n) is 5.06. The van der Waals surface area contributed by atoms with Crippen LogP contribution in [0, 0.1) is 0 Å². The summed E-state index contributed by atoms with van der Waals surface area (Å²) in [4.78, 5) is 14.1. The third-order valence-corrected chi connectivity index (χ3v) is 3.54. The zero-order chi connectivity index (χ0) is 14.5. The number of carbonyl (C=O) groups excluding carboxylic acids is 1. The molecule has 1 aliphatic heterocycles. The first kappa shape index (κ1) is 14.8. The molecule has 0 aromatic heterocycles. The number of carbonyl (C=O) groups is 1. The summed E-state index contributed by atoms with van der Waals surface area (Å²) < 4.78 is 10.5. The Morgan fingerprint density at radius 1 is 1.45 bits per heavy atom. The molecule has 0 radical (unpaired) electrons. The first-order chi connectivity index (χ1) is 9.63. The standard InChI is InChI=1S/C15H21NO4/c1-11-10-20-14(9-17)8-16(11)15(18)7-12-3-5-13(19-2)6-4-12/h3-6,11,14,17H,7-10H2,1-2H3. The van der Waals surface area contributed by atoms with Crippen LogP contribution < -0.4 is 4.74 Å². The fourth-order valence-electron chi connectivity index (χ4n) is 2.29. The lowest BCUT2D eigenvalue weighted by Crippen LogP contribution is -2.52. The van der Waals surface area contributed by atoms with E-state index in [2.05, 4.69) is 0 Å². The number of ether oxygens (including phenoxy) is 2. The quantitative estimate of drug-likeness (QED) is 0.887. The first-order valence-electron chi connectivity index (χ1n) is 6.79. The number of aliphatic hydroxyl groups excluding tert-OH is 1. The normalized spacial score (nSPS) is 22.6. The maximum absolute atomic E-state index is 12.4. The molecule has 1 saturated heterocycles. The van der Waals surface area contributed by atoms with Gasteiger partial charge in [0.2, 0.25) is 5.91 Å². The molecule has 110 valence electrons. The van der Waals surface area contributed by atoms with Crippen molar-refractivity contribution in [2.75, 3.05) is 26.9 Å². The van der Waals surface area contributed by atoms with E-state index in [1.807, 2.05) is 31.2 Å². The summed E-state index contributed by atoms with van der Waals surface area (Å²) in [5.41, 5.74) is 0.954. The minimum Gasteiger partial charge on any atom is -0.497 e. The average molecular weight is 279 g/mol. The van der Waals surface area contributed by atoms with E-state index < -0.39 is 0 Å². The highest BCUT2D eigenvalue weighted by molar-refractivity contribution is 5.79. The molecule has 0 saturated carbocycles. The predicted molar refractivity (Wildman–Crippen MR) is 74.7 cm³/mol. The maximum Gasteiger partial charge on any atom is 0.227 e. The van der Waals surface area contributed by atoms with Crippen LogP contribution in [0.15, 0.2) is 24.3 Å². The molecule has 5 nitrogen and oxygen atoms in total. The number of amides is 1. The van der Waals surface area contributed by atoms with Crippen LogP contribution in [-0.4, -0.2) is 54.9 Å². The van der Waals surface area contributed by atoms with Crippen LogP contribution in [0.2, 0.25) is 0 Å². The van der Waals surface area contributed by atoms with E-state index in [-0.39, 0.29) is 24.7 Å². The topological polar surface area (TPSA) is 59.0 Å². The highest BCUT2D eigenvalue weighted by Crippen LogP contribution is 2.16. The monoisotopic (exact) mass is 279 g/mol. The second kappa shape index (κ2) is 6.72. The molecule has 2 unspecified atom stereocenters. The van der Waals surface area contributed by atoms with Crippen molar-refractivity contribution in [2.24, 2.45) is 0 Å². The molecular formula is C15H21NO4. The molecule has 1 fully saturated rings. The minimum absolute atomic E-state index is 0.0450. The number of nitrogens with zero attached hydrogens (tertiary/aromatic N) is 1. The molecule has 0 aliphatic carbocycles. The number of benzene rings is 1. The summed E-state index contributed by atoms with van der Waals surface area (Å²) in [6.07, 6.45) is 0.0814. The van der Waals surface area contributed by atoms with Crippen molar-refractivity contribution >= 4 is 5.91 Å². The van der Waals surface area contributed by atoms with Gasteiger partial charge < -0.3 is 19.5 Å². The van der Waals surface area contributed by atoms with Crippen LogP contribution in [-0.2, 0) is 16.0 Å². The lowest BCUT2D eigenvalue weighted by atomic mass is 10.1. The summed E-state index contributed by atoms with van der Waals surface area (Å²) in [7, 11) is 1.62. The minimum atomic E-state index is -0.272. The Morgan fingerprint density at radius 3 is 2.75 bits per heavy atom. The molecule has 1 aromatic carbocycles. The Bertz CT molecular complexity index is 446. The molecule has 1 heterocycles. The first-order valence-corrected chi connectivity index (χ1v) is 6.79. The number of hydrogen-bond donors (Lipinski definition) is 1. The zero-order valence-electron chi connectivity index (χ0n) is 11.9. The summed E-state index contributed by atoms with van der Waals surface area (Å²) in [6, 6.07) is 7.53. The third-order valence-electron chi connectivity index (χ3n) is 3.54. The van der Waals surface area contributed by atoms with E-state index in [4.69, 9.17) is 14.6 Å². The Kier molecular flexibility index (Phi) is 4.98. The molecule has 2 rings (SSSR count). The Labute approximate surface area is 119 Å². The van der Waals surface area contributed by atoms with Gasteiger partial charge in [-0.05, 0) is 24.6 Å². The highest BCUT2D eigenvalue weighted by atomic mass is 16.5. The molecule has 5 heteroatoms. The van der Waals surface area contributed by atoms with Crippen LogP contribution in [0.5, 0.6) is 5.75 Å². The van der Waals surface area contributed by atoms with E-state index in [0.717, 1.165) is 11.3 Å². The van der Waals surface area contributed by atoms with Gasteiger partial charge in [-0.15, -0.1) is 0 Å². The number of aliphatic hydroxyl groups is 1. The molecular weight excluding hydrogens is 258 g/mol. The fraction of sp³-hybridized carbons (Fsp3) is 0.533. The van der Waals surface area contributed by atoms with Crippen LogP contribution >= 0.6 is 0 Å². The lowest BCUT2D eigenvalue weighted by molar-refractivity contribution is -0.145. The summed E-state index contributed by atoms with van der Waals surface area (Å²) in [5.74, 6) is 0.839. The SMILES string of the molecule is COc1ccc(CC(=O)N2CC(CO)OCC2C)cc1. The van der Waals surface area contributed by atoms with Crippen molar-refractivity contribution in [3.8, 4) is 5.75 Å². The van der Waals surface area contributed by atoms with Crippen LogP contribution in [0.4, 0.5) is 0 Å². The van der Waals surface area contributed by atoms with Crippen molar-refractivity contribution in [2.45, 2.75) is 25.5 Å². The Hall–Kier alpha value is -1.59. The van der Waals surface area contributed by atoms with Gasteiger partial charge in [0.25, 0.3) is 0 Å².